The molecule has 0 aromatic heterocycles. The van der Waals surface area contributed by atoms with Gasteiger partial charge in [0.2, 0.25) is 5.91 Å². The quantitative estimate of drug-likeness (QED) is 0.773. The number of nitrogens with zero attached hydrogens (tertiary/aromatic N) is 2. The van der Waals surface area contributed by atoms with Crippen molar-refractivity contribution in [2.24, 2.45) is 0 Å². The smallest absolute Gasteiger partial charge is 0.254 e. The Morgan fingerprint density at radius 2 is 1.90 bits per heavy atom. The van der Waals surface area contributed by atoms with Crippen molar-refractivity contribution >= 4 is 17.5 Å². The Labute approximate surface area is 172 Å². The van der Waals surface area contributed by atoms with Crippen LogP contribution in [0.4, 0.5) is 5.69 Å². The van der Waals surface area contributed by atoms with E-state index >= 15 is 0 Å². The Morgan fingerprint density at radius 3 is 2.55 bits per heavy atom. The number of amides is 2. The van der Waals surface area contributed by atoms with Crippen molar-refractivity contribution in [3.63, 3.8) is 0 Å². The molecule has 2 fully saturated rings. The Kier molecular flexibility index (Phi) is 5.56. The molecule has 2 heterocycles. The number of aryl methyl sites for hydroxylation is 1. The van der Waals surface area contributed by atoms with E-state index in [0.29, 0.717) is 12.0 Å². The maximum absolute atomic E-state index is 13.1. The monoisotopic (exact) mass is 392 g/mol. The van der Waals surface area contributed by atoms with E-state index in [0.717, 1.165) is 55.8 Å². The van der Waals surface area contributed by atoms with Crippen molar-refractivity contribution in [2.75, 3.05) is 25.1 Å². The summed E-state index contributed by atoms with van der Waals surface area (Å²) in [6.45, 7) is 3.61. The van der Waals surface area contributed by atoms with Gasteiger partial charge in [0.05, 0.1) is 7.11 Å². The topological polar surface area (TPSA) is 49.9 Å². The van der Waals surface area contributed by atoms with Gasteiger partial charge < -0.3 is 14.5 Å². The lowest BCUT2D eigenvalue weighted by atomic mass is 10.0. The summed E-state index contributed by atoms with van der Waals surface area (Å²) < 4.78 is 5.35. The van der Waals surface area contributed by atoms with E-state index in [1.807, 2.05) is 42.2 Å². The lowest BCUT2D eigenvalue weighted by Crippen LogP contribution is -2.36. The van der Waals surface area contributed by atoms with Gasteiger partial charge in [-0.3, -0.25) is 9.59 Å². The minimum absolute atomic E-state index is 0.0806. The molecule has 0 aliphatic carbocycles. The second-order valence-electron chi connectivity index (χ2n) is 8.00. The zero-order valence-electron chi connectivity index (χ0n) is 17.2. The van der Waals surface area contributed by atoms with Crippen molar-refractivity contribution in [3.05, 3.63) is 59.2 Å². The summed E-state index contributed by atoms with van der Waals surface area (Å²) in [6.07, 6.45) is 4.43. The van der Waals surface area contributed by atoms with Crippen molar-refractivity contribution in [3.8, 4) is 5.75 Å². The first-order valence-electron chi connectivity index (χ1n) is 10.4. The zero-order chi connectivity index (χ0) is 20.4. The highest BCUT2D eigenvalue weighted by Gasteiger charge is 2.30. The molecule has 0 N–H and O–H groups in total. The highest BCUT2D eigenvalue weighted by molar-refractivity contribution is 5.97. The summed E-state index contributed by atoms with van der Waals surface area (Å²) in [6, 6.07) is 14.0. The van der Waals surface area contributed by atoms with E-state index in [9.17, 15) is 9.59 Å². The molecule has 152 valence electrons. The van der Waals surface area contributed by atoms with Crippen LogP contribution in [-0.2, 0) is 11.2 Å². The average molecular weight is 392 g/mol. The van der Waals surface area contributed by atoms with Crippen molar-refractivity contribution < 1.29 is 14.3 Å². The van der Waals surface area contributed by atoms with Gasteiger partial charge in [0, 0.05) is 36.8 Å². The molecule has 5 heteroatoms. The molecule has 1 atom stereocenters. The molecule has 2 aliphatic rings. The number of anilines is 1. The van der Waals surface area contributed by atoms with Crippen molar-refractivity contribution in [1.29, 1.82) is 0 Å². The third-order valence-electron chi connectivity index (χ3n) is 6.07. The van der Waals surface area contributed by atoms with Crippen LogP contribution in [0.15, 0.2) is 42.5 Å². The molecule has 5 nitrogen and oxygen atoms in total. The Morgan fingerprint density at radius 1 is 1.10 bits per heavy atom. The van der Waals surface area contributed by atoms with Crippen LogP contribution in [-0.4, -0.2) is 43.0 Å². The number of hydrogen-bond acceptors (Lipinski definition) is 3. The van der Waals surface area contributed by atoms with E-state index in [-0.39, 0.29) is 17.9 Å². The average Bonchev–Trinajstić information content (AvgIpc) is 3.36. The summed E-state index contributed by atoms with van der Waals surface area (Å²) in [5.41, 5.74) is 3.93. The van der Waals surface area contributed by atoms with Gasteiger partial charge in [-0.15, -0.1) is 0 Å². The molecule has 4 rings (SSSR count). The number of benzene rings is 2. The third kappa shape index (κ3) is 4.00. The van der Waals surface area contributed by atoms with E-state index in [1.165, 1.54) is 5.56 Å². The molecule has 29 heavy (non-hydrogen) atoms. The number of carbonyl (C=O) groups is 2. The summed E-state index contributed by atoms with van der Waals surface area (Å²) in [4.78, 5) is 28.9. The van der Waals surface area contributed by atoms with Crippen molar-refractivity contribution in [2.45, 2.75) is 45.1 Å². The molecule has 2 aromatic carbocycles. The van der Waals surface area contributed by atoms with Crippen LogP contribution in [0.25, 0.3) is 0 Å². The number of likely N-dealkylation sites (tertiary alicyclic amines) is 1. The van der Waals surface area contributed by atoms with Gasteiger partial charge in [-0.05, 0) is 74.1 Å². The first-order valence-corrected chi connectivity index (χ1v) is 10.4. The minimum Gasteiger partial charge on any atom is -0.496 e. The largest absolute Gasteiger partial charge is 0.496 e. The number of carbonyl (C=O) groups excluding carboxylic acids is 2. The van der Waals surface area contributed by atoms with E-state index in [4.69, 9.17) is 4.74 Å². The predicted molar refractivity (Wildman–Crippen MR) is 114 cm³/mol. The fraction of sp³-hybridized carbons (Fsp3) is 0.417. The maximum Gasteiger partial charge on any atom is 0.254 e. The zero-order valence-corrected chi connectivity index (χ0v) is 17.2. The number of hydrogen-bond donors (Lipinski definition) is 0. The van der Waals surface area contributed by atoms with E-state index < -0.39 is 0 Å². The molecule has 0 spiro atoms. The molecular formula is C24H28N2O3. The summed E-state index contributed by atoms with van der Waals surface area (Å²) in [5, 5.41) is 0. The van der Waals surface area contributed by atoms with E-state index in [1.54, 1.807) is 12.0 Å². The van der Waals surface area contributed by atoms with Crippen LogP contribution in [0.3, 0.4) is 0 Å². The van der Waals surface area contributed by atoms with Crippen LogP contribution in [0.2, 0.25) is 0 Å². The standard InChI is InChI=1S/C24H28N2O3/c1-17-15-18(7-12-22(17)29-2)16-21-5-3-14-26(21)24(28)19-8-10-20(11-9-19)25-13-4-6-23(25)27/h7-12,15,21H,3-6,13-14,16H2,1-2H3. The van der Waals surface area contributed by atoms with Gasteiger partial charge in [0.25, 0.3) is 5.91 Å². The second-order valence-corrected chi connectivity index (χ2v) is 8.00. The highest BCUT2D eigenvalue weighted by Crippen LogP contribution is 2.27. The number of ether oxygens (including phenoxy) is 1. The molecule has 2 saturated heterocycles. The fourth-order valence-corrected chi connectivity index (χ4v) is 4.53. The van der Waals surface area contributed by atoms with Gasteiger partial charge in [-0.2, -0.15) is 0 Å². The molecule has 1 unspecified atom stereocenters. The highest BCUT2D eigenvalue weighted by atomic mass is 16.5. The third-order valence-corrected chi connectivity index (χ3v) is 6.07. The van der Waals surface area contributed by atoms with E-state index in [2.05, 4.69) is 12.1 Å². The van der Waals surface area contributed by atoms with Crippen LogP contribution in [0.5, 0.6) is 5.75 Å². The molecule has 0 radical (unpaired) electrons. The minimum atomic E-state index is 0.0806. The van der Waals surface area contributed by atoms with Gasteiger partial charge in [0.15, 0.2) is 0 Å². The molecular weight excluding hydrogens is 364 g/mol. The SMILES string of the molecule is COc1ccc(CC2CCCN2C(=O)c2ccc(N3CCCC3=O)cc2)cc1C. The van der Waals surface area contributed by atoms with Gasteiger partial charge in [-0.1, -0.05) is 12.1 Å². The van der Waals surface area contributed by atoms with Crippen LogP contribution >= 0.6 is 0 Å². The van der Waals surface area contributed by atoms with Gasteiger partial charge in [-0.25, -0.2) is 0 Å². The number of rotatable bonds is 5. The second kappa shape index (κ2) is 8.27. The molecule has 0 bridgehead atoms. The van der Waals surface area contributed by atoms with Crippen LogP contribution in [0, 0.1) is 6.92 Å². The van der Waals surface area contributed by atoms with Gasteiger partial charge >= 0.3 is 0 Å². The van der Waals surface area contributed by atoms with Crippen LogP contribution in [0.1, 0.15) is 47.2 Å². The number of methoxy groups -OCH3 is 1. The Bertz CT molecular complexity index is 907. The maximum atomic E-state index is 13.1. The van der Waals surface area contributed by atoms with Gasteiger partial charge in [0.1, 0.15) is 5.75 Å². The Hall–Kier alpha value is -2.82. The summed E-state index contributed by atoms with van der Waals surface area (Å²) in [5.74, 6) is 1.14. The Balaban J connectivity index is 1.46. The first-order chi connectivity index (χ1) is 14.1. The summed E-state index contributed by atoms with van der Waals surface area (Å²) >= 11 is 0. The molecule has 0 saturated carbocycles. The van der Waals surface area contributed by atoms with Crippen molar-refractivity contribution in [1.82, 2.24) is 4.90 Å². The normalized spacial score (nSPS) is 19.1. The predicted octanol–water partition coefficient (Wildman–Crippen LogP) is 3.98. The molecule has 2 amide bonds. The molecule has 2 aliphatic heterocycles. The lowest BCUT2D eigenvalue weighted by molar-refractivity contribution is -0.117. The van der Waals surface area contributed by atoms with Crippen LogP contribution < -0.4 is 9.64 Å². The lowest BCUT2D eigenvalue weighted by Gasteiger charge is -2.25. The summed E-state index contributed by atoms with van der Waals surface area (Å²) in [7, 11) is 1.68. The fourth-order valence-electron chi connectivity index (χ4n) is 4.53. The first kappa shape index (κ1) is 19.5. The molecule has 2 aromatic rings.